The largest absolute Gasteiger partial charge is 0.456 e. The lowest BCUT2D eigenvalue weighted by atomic mass is 9.94. The molecule has 0 N–H and O–H groups in total. The maximum absolute atomic E-state index is 13.3. The van der Waals surface area contributed by atoms with Crippen molar-refractivity contribution in [1.82, 2.24) is 0 Å². The number of carbonyl (C=O) groups excluding carboxylic acids is 1. The predicted molar refractivity (Wildman–Crippen MR) is 190 cm³/mol. The molecular formula is C37H49IO5Si. The van der Waals surface area contributed by atoms with E-state index in [0.29, 0.717) is 12.0 Å². The van der Waals surface area contributed by atoms with E-state index in [1.807, 2.05) is 32.0 Å². The van der Waals surface area contributed by atoms with Gasteiger partial charge in [0.25, 0.3) is 8.32 Å². The van der Waals surface area contributed by atoms with Gasteiger partial charge in [0.05, 0.1) is 11.7 Å². The third kappa shape index (κ3) is 8.21. The van der Waals surface area contributed by atoms with E-state index in [0.717, 1.165) is 17.3 Å². The lowest BCUT2D eigenvalue weighted by Gasteiger charge is -2.45. The van der Waals surface area contributed by atoms with E-state index in [4.69, 9.17) is 18.6 Å². The minimum atomic E-state index is -2.70. The molecule has 0 saturated carbocycles. The highest BCUT2D eigenvalue weighted by molar-refractivity contribution is 14.1. The molecule has 1 saturated heterocycles. The van der Waals surface area contributed by atoms with Crippen LogP contribution in [0.15, 0.2) is 91.0 Å². The van der Waals surface area contributed by atoms with Gasteiger partial charge in [0.15, 0.2) is 5.79 Å². The Morgan fingerprint density at radius 2 is 1.39 bits per heavy atom. The monoisotopic (exact) mass is 728 g/mol. The van der Waals surface area contributed by atoms with Gasteiger partial charge in [-0.25, -0.2) is 4.79 Å². The van der Waals surface area contributed by atoms with Crippen LogP contribution in [0.25, 0.3) is 0 Å². The van der Waals surface area contributed by atoms with Crippen LogP contribution in [0.2, 0.25) is 5.04 Å². The normalized spacial score (nSPS) is 20.5. The zero-order valence-corrected chi connectivity index (χ0v) is 30.5. The Bertz CT molecular complexity index is 1270. The fourth-order valence-corrected chi connectivity index (χ4v) is 11.7. The summed E-state index contributed by atoms with van der Waals surface area (Å²) >= 11 is 2.37. The summed E-state index contributed by atoms with van der Waals surface area (Å²) in [6.45, 7) is 15.2. The van der Waals surface area contributed by atoms with Crippen LogP contribution in [0.5, 0.6) is 0 Å². The van der Waals surface area contributed by atoms with Gasteiger partial charge >= 0.3 is 5.97 Å². The molecule has 0 amide bonds. The van der Waals surface area contributed by atoms with Crippen LogP contribution in [-0.2, 0) is 18.6 Å². The molecule has 0 aliphatic carbocycles. The SMILES string of the molecule is CC(O[Si](c1ccccc1)(c1ccccc1)C(C)(C)C)[C@H](C)CCC(OC(=O)c1ccccc1)C1OC(C)(C)OC1CCI. The summed E-state index contributed by atoms with van der Waals surface area (Å²) in [7, 11) is -2.70. The smallest absolute Gasteiger partial charge is 0.338 e. The summed E-state index contributed by atoms with van der Waals surface area (Å²) in [6.07, 6.45) is 1.33. The Morgan fingerprint density at radius 3 is 1.89 bits per heavy atom. The molecule has 7 heteroatoms. The third-order valence-electron chi connectivity index (χ3n) is 8.74. The average Bonchev–Trinajstić information content (AvgIpc) is 3.32. The summed E-state index contributed by atoms with van der Waals surface area (Å²) in [5.41, 5.74) is 0.539. The van der Waals surface area contributed by atoms with Crippen LogP contribution in [-0.4, -0.2) is 48.9 Å². The molecule has 0 spiro atoms. The number of halogens is 1. The van der Waals surface area contributed by atoms with Gasteiger partial charge < -0.3 is 18.6 Å². The second kappa shape index (κ2) is 15.0. The van der Waals surface area contributed by atoms with Crippen molar-refractivity contribution < 1.29 is 23.4 Å². The molecule has 0 radical (unpaired) electrons. The van der Waals surface area contributed by atoms with E-state index >= 15 is 0 Å². The summed E-state index contributed by atoms with van der Waals surface area (Å²) < 4.78 is 27.3. The minimum Gasteiger partial charge on any atom is -0.456 e. The van der Waals surface area contributed by atoms with Crippen LogP contribution in [0, 0.1) is 5.92 Å². The summed E-state index contributed by atoms with van der Waals surface area (Å²) in [5, 5.41) is 2.44. The number of benzene rings is 3. The Morgan fingerprint density at radius 1 is 0.864 bits per heavy atom. The van der Waals surface area contributed by atoms with Crippen molar-refractivity contribution in [2.75, 3.05) is 4.43 Å². The minimum absolute atomic E-state index is 0.0332. The fourth-order valence-electron chi connectivity index (χ4n) is 6.33. The molecule has 1 aliphatic heterocycles. The Kier molecular flexibility index (Phi) is 11.9. The van der Waals surface area contributed by atoms with Crippen molar-refractivity contribution in [1.29, 1.82) is 0 Å². The highest BCUT2D eigenvalue weighted by atomic mass is 127. The molecule has 3 aromatic rings. The first-order valence-corrected chi connectivity index (χ1v) is 19.3. The lowest BCUT2D eigenvalue weighted by Crippen LogP contribution is -2.67. The topological polar surface area (TPSA) is 54.0 Å². The zero-order chi connectivity index (χ0) is 32.0. The van der Waals surface area contributed by atoms with E-state index in [2.05, 4.69) is 118 Å². The van der Waals surface area contributed by atoms with E-state index in [1.54, 1.807) is 12.1 Å². The fraction of sp³-hybridized carbons (Fsp3) is 0.486. The maximum Gasteiger partial charge on any atom is 0.338 e. The van der Waals surface area contributed by atoms with Gasteiger partial charge in [-0.05, 0) is 73.5 Å². The van der Waals surface area contributed by atoms with Crippen molar-refractivity contribution in [3.05, 3.63) is 96.6 Å². The molecule has 3 aromatic carbocycles. The van der Waals surface area contributed by atoms with E-state index in [9.17, 15) is 4.79 Å². The van der Waals surface area contributed by atoms with Crippen molar-refractivity contribution in [2.24, 2.45) is 5.92 Å². The number of rotatable bonds is 13. The molecule has 4 unspecified atom stereocenters. The predicted octanol–water partition coefficient (Wildman–Crippen LogP) is 7.94. The molecule has 4 rings (SSSR count). The van der Waals surface area contributed by atoms with Gasteiger partial charge in [0, 0.05) is 10.5 Å². The average molecular weight is 729 g/mol. The third-order valence-corrected chi connectivity index (χ3v) is 14.5. The number of carbonyl (C=O) groups is 1. The number of hydrogen-bond donors (Lipinski definition) is 0. The molecule has 238 valence electrons. The molecule has 1 heterocycles. The number of hydrogen-bond acceptors (Lipinski definition) is 5. The van der Waals surface area contributed by atoms with E-state index in [-0.39, 0.29) is 35.2 Å². The molecule has 5 nitrogen and oxygen atoms in total. The van der Waals surface area contributed by atoms with Crippen LogP contribution in [0.1, 0.15) is 78.1 Å². The molecule has 0 bridgehead atoms. The molecule has 0 aromatic heterocycles. The number of ether oxygens (including phenoxy) is 3. The highest BCUT2D eigenvalue weighted by Crippen LogP contribution is 2.39. The Balaban J connectivity index is 1.59. The zero-order valence-electron chi connectivity index (χ0n) is 27.3. The quantitative estimate of drug-likeness (QED) is 0.0775. The molecule has 1 fully saturated rings. The van der Waals surface area contributed by atoms with Gasteiger partial charge in [-0.1, -0.05) is 129 Å². The lowest BCUT2D eigenvalue weighted by molar-refractivity contribution is -0.156. The van der Waals surface area contributed by atoms with Gasteiger partial charge in [-0.3, -0.25) is 0 Å². The van der Waals surface area contributed by atoms with Crippen molar-refractivity contribution in [3.63, 3.8) is 0 Å². The van der Waals surface area contributed by atoms with Gasteiger partial charge in [-0.15, -0.1) is 0 Å². The highest BCUT2D eigenvalue weighted by Gasteiger charge is 2.51. The van der Waals surface area contributed by atoms with Crippen molar-refractivity contribution in [3.8, 4) is 0 Å². The first-order chi connectivity index (χ1) is 20.9. The van der Waals surface area contributed by atoms with E-state index < -0.39 is 20.2 Å². The Labute approximate surface area is 279 Å². The number of alkyl halides is 1. The Hall–Kier alpha value is -2.04. The van der Waals surface area contributed by atoms with Crippen LogP contribution in [0.3, 0.4) is 0 Å². The standard InChI is InChI=1S/C37H49IO5Si/c1-27(28(2)43-44(36(3,4)5,30-19-13-9-14-20-30)31-21-15-10-16-22-31)23-24-32(40-35(39)29-17-11-8-12-18-29)34-33(25-26-38)41-37(6,7)42-34/h8-22,27-28,32-34H,23-26H2,1-7H3/t27-,28?,32?,33?,34?/m1/s1. The van der Waals surface area contributed by atoms with Gasteiger partial charge in [-0.2, -0.15) is 0 Å². The first-order valence-electron chi connectivity index (χ1n) is 15.8. The molecule has 44 heavy (non-hydrogen) atoms. The molecule has 1 aliphatic rings. The van der Waals surface area contributed by atoms with E-state index in [1.165, 1.54) is 10.4 Å². The van der Waals surface area contributed by atoms with Crippen LogP contribution in [0.4, 0.5) is 0 Å². The summed E-state index contributed by atoms with van der Waals surface area (Å²) in [6, 6.07) is 30.7. The molecule has 5 atom stereocenters. The number of esters is 1. The van der Waals surface area contributed by atoms with Gasteiger partial charge in [0.2, 0.25) is 0 Å². The first kappa shape index (κ1) is 34.8. The van der Waals surface area contributed by atoms with Gasteiger partial charge in [0.1, 0.15) is 12.2 Å². The molecular weight excluding hydrogens is 679 g/mol. The summed E-state index contributed by atoms with van der Waals surface area (Å²) in [4.78, 5) is 13.3. The van der Waals surface area contributed by atoms with Crippen molar-refractivity contribution >= 4 is 47.3 Å². The van der Waals surface area contributed by atoms with Crippen molar-refractivity contribution in [2.45, 2.75) is 103 Å². The summed E-state index contributed by atoms with van der Waals surface area (Å²) in [5.74, 6) is -0.863. The van der Waals surface area contributed by atoms with Crippen LogP contribution < -0.4 is 10.4 Å². The maximum atomic E-state index is 13.3. The van der Waals surface area contributed by atoms with Crippen LogP contribution >= 0.6 is 22.6 Å². The second-order valence-corrected chi connectivity index (χ2v) is 18.8. The second-order valence-electron chi connectivity index (χ2n) is 13.5.